The minimum absolute atomic E-state index is 0.248. The number of anilines is 1. The number of nitrogens with two attached hydrogens (primary N) is 2. The summed E-state index contributed by atoms with van der Waals surface area (Å²) in [6, 6.07) is 7.46. The summed E-state index contributed by atoms with van der Waals surface area (Å²) in [5, 5.41) is 3.40. The van der Waals surface area contributed by atoms with Gasteiger partial charge in [0.15, 0.2) is 0 Å². The molecule has 0 aliphatic heterocycles. The Kier molecular flexibility index (Phi) is 3.17. The van der Waals surface area contributed by atoms with Crippen LogP contribution in [0.15, 0.2) is 29.4 Å². The fraction of sp³-hybridized carbons (Fsp3) is 0.222. The van der Waals surface area contributed by atoms with Gasteiger partial charge in [-0.2, -0.15) is 0 Å². The summed E-state index contributed by atoms with van der Waals surface area (Å²) in [5.74, 6) is 6.08. The zero-order valence-corrected chi connectivity index (χ0v) is 8.27. The first-order valence-electron chi connectivity index (χ1n) is 4.10. The Balaban J connectivity index is 2.95. The number of hydrogen-bond donors (Lipinski definition) is 2. The number of hydrogen-bond acceptors (Lipinski definition) is 3. The fourth-order valence-corrected chi connectivity index (χ4v) is 1.04. The molecule has 0 bridgehead atoms. The molecule has 76 valence electrons. The number of methoxy groups -OCH3 is 1. The highest BCUT2D eigenvalue weighted by Crippen LogP contribution is 2.19. The lowest BCUT2D eigenvalue weighted by Gasteiger charge is -2.17. The molecular weight excluding hydrogens is 180 g/mol. The van der Waals surface area contributed by atoms with Crippen LogP contribution in [0.5, 0.6) is 5.75 Å². The molecule has 0 spiro atoms. The van der Waals surface area contributed by atoms with Crippen molar-refractivity contribution in [3.63, 3.8) is 0 Å². The SMILES string of the molecule is COc1cccc(N(C)/C(N)=N/N)c1. The third-order valence-corrected chi connectivity index (χ3v) is 1.92. The van der Waals surface area contributed by atoms with Crippen LogP contribution < -0.4 is 21.2 Å². The van der Waals surface area contributed by atoms with Gasteiger partial charge in [-0.25, -0.2) is 0 Å². The predicted octanol–water partition coefficient (Wildman–Crippen LogP) is 0.320. The average Bonchev–Trinajstić information content (AvgIpc) is 2.27. The lowest BCUT2D eigenvalue weighted by Crippen LogP contribution is -2.34. The van der Waals surface area contributed by atoms with Crippen LogP contribution in [0.1, 0.15) is 0 Å². The van der Waals surface area contributed by atoms with Crippen molar-refractivity contribution in [1.82, 2.24) is 0 Å². The second-order valence-electron chi connectivity index (χ2n) is 2.75. The molecule has 1 aromatic carbocycles. The summed E-state index contributed by atoms with van der Waals surface area (Å²) in [6.07, 6.45) is 0. The molecule has 0 heterocycles. The van der Waals surface area contributed by atoms with Gasteiger partial charge in [-0.1, -0.05) is 6.07 Å². The van der Waals surface area contributed by atoms with Crippen LogP contribution in [0.2, 0.25) is 0 Å². The summed E-state index contributed by atoms with van der Waals surface area (Å²) in [5.41, 5.74) is 6.42. The van der Waals surface area contributed by atoms with Gasteiger partial charge >= 0.3 is 0 Å². The monoisotopic (exact) mass is 194 g/mol. The number of benzene rings is 1. The quantitative estimate of drug-likeness (QED) is 0.307. The van der Waals surface area contributed by atoms with Crippen molar-refractivity contribution < 1.29 is 4.74 Å². The minimum atomic E-state index is 0.248. The standard InChI is InChI=1S/C9H14N4O/c1-13(9(10)12-11)7-4-3-5-8(6-7)14-2/h3-6H,11H2,1-2H3,(H2,10,12). The minimum Gasteiger partial charge on any atom is -0.497 e. The molecule has 0 radical (unpaired) electrons. The Morgan fingerprint density at radius 2 is 2.21 bits per heavy atom. The number of rotatable bonds is 2. The normalized spacial score (nSPS) is 11.1. The molecule has 0 saturated heterocycles. The van der Waals surface area contributed by atoms with Crippen LogP contribution in [0.4, 0.5) is 5.69 Å². The molecule has 0 aliphatic carbocycles. The van der Waals surface area contributed by atoms with E-state index in [-0.39, 0.29) is 5.96 Å². The van der Waals surface area contributed by atoms with E-state index in [1.54, 1.807) is 19.1 Å². The van der Waals surface area contributed by atoms with Gasteiger partial charge in [-0.3, -0.25) is 0 Å². The Labute approximate surface area is 82.9 Å². The first-order chi connectivity index (χ1) is 6.69. The van der Waals surface area contributed by atoms with Crippen molar-refractivity contribution >= 4 is 11.6 Å². The zero-order chi connectivity index (χ0) is 10.6. The van der Waals surface area contributed by atoms with E-state index in [9.17, 15) is 0 Å². The molecule has 5 heteroatoms. The van der Waals surface area contributed by atoms with Gasteiger partial charge in [0.05, 0.1) is 7.11 Å². The van der Waals surface area contributed by atoms with E-state index in [1.807, 2.05) is 24.3 Å². The number of ether oxygens (including phenoxy) is 1. The number of nitrogens with zero attached hydrogens (tertiary/aromatic N) is 2. The number of hydrazone groups is 1. The maximum atomic E-state index is 5.55. The van der Waals surface area contributed by atoms with Crippen molar-refractivity contribution in [2.24, 2.45) is 16.7 Å². The van der Waals surface area contributed by atoms with Crippen LogP contribution >= 0.6 is 0 Å². The number of guanidine groups is 1. The largest absolute Gasteiger partial charge is 0.497 e. The van der Waals surface area contributed by atoms with Gasteiger partial charge < -0.3 is 21.2 Å². The molecule has 0 aliphatic rings. The van der Waals surface area contributed by atoms with Gasteiger partial charge in [-0.15, -0.1) is 5.10 Å². The third-order valence-electron chi connectivity index (χ3n) is 1.92. The third kappa shape index (κ3) is 2.07. The molecule has 0 saturated carbocycles. The van der Waals surface area contributed by atoms with Crippen LogP contribution in [0.3, 0.4) is 0 Å². The maximum absolute atomic E-state index is 5.55. The van der Waals surface area contributed by atoms with E-state index in [4.69, 9.17) is 16.3 Å². The summed E-state index contributed by atoms with van der Waals surface area (Å²) >= 11 is 0. The van der Waals surface area contributed by atoms with Crippen LogP contribution in [-0.2, 0) is 0 Å². The van der Waals surface area contributed by atoms with E-state index < -0.39 is 0 Å². The summed E-state index contributed by atoms with van der Waals surface area (Å²) < 4.78 is 5.08. The molecule has 14 heavy (non-hydrogen) atoms. The van der Waals surface area contributed by atoms with E-state index >= 15 is 0 Å². The lowest BCUT2D eigenvalue weighted by atomic mass is 10.3. The van der Waals surface area contributed by atoms with Crippen LogP contribution in [-0.4, -0.2) is 20.1 Å². The van der Waals surface area contributed by atoms with Gasteiger partial charge in [0, 0.05) is 18.8 Å². The molecule has 1 aromatic rings. The van der Waals surface area contributed by atoms with Crippen molar-refractivity contribution in [1.29, 1.82) is 0 Å². The van der Waals surface area contributed by atoms with Crippen LogP contribution in [0, 0.1) is 0 Å². The molecule has 0 atom stereocenters. The molecule has 5 nitrogen and oxygen atoms in total. The molecule has 0 fully saturated rings. The van der Waals surface area contributed by atoms with E-state index in [0.29, 0.717) is 0 Å². The van der Waals surface area contributed by atoms with Crippen molar-refractivity contribution in [2.45, 2.75) is 0 Å². The Bertz CT molecular complexity index is 337. The van der Waals surface area contributed by atoms with Gasteiger partial charge in [0.25, 0.3) is 0 Å². The average molecular weight is 194 g/mol. The molecule has 0 aromatic heterocycles. The first-order valence-corrected chi connectivity index (χ1v) is 4.10. The topological polar surface area (TPSA) is 76.9 Å². The summed E-state index contributed by atoms with van der Waals surface area (Å²) in [7, 11) is 3.39. The van der Waals surface area contributed by atoms with E-state index in [0.717, 1.165) is 11.4 Å². The zero-order valence-electron chi connectivity index (χ0n) is 8.27. The lowest BCUT2D eigenvalue weighted by molar-refractivity contribution is 0.415. The Morgan fingerprint density at radius 3 is 2.79 bits per heavy atom. The second kappa shape index (κ2) is 4.36. The fourth-order valence-electron chi connectivity index (χ4n) is 1.04. The Morgan fingerprint density at radius 1 is 1.50 bits per heavy atom. The molecule has 0 unspecified atom stereocenters. The highest BCUT2D eigenvalue weighted by molar-refractivity contribution is 5.94. The summed E-state index contributed by atoms with van der Waals surface area (Å²) in [6.45, 7) is 0. The van der Waals surface area contributed by atoms with Crippen molar-refractivity contribution in [3.8, 4) is 5.75 Å². The summed E-state index contributed by atoms with van der Waals surface area (Å²) in [4.78, 5) is 1.67. The van der Waals surface area contributed by atoms with Crippen molar-refractivity contribution in [2.75, 3.05) is 19.1 Å². The first kappa shape index (κ1) is 10.2. The van der Waals surface area contributed by atoms with Gasteiger partial charge in [-0.05, 0) is 12.1 Å². The predicted molar refractivity (Wildman–Crippen MR) is 57.2 cm³/mol. The second-order valence-corrected chi connectivity index (χ2v) is 2.75. The van der Waals surface area contributed by atoms with Crippen LogP contribution in [0.25, 0.3) is 0 Å². The highest BCUT2D eigenvalue weighted by Gasteiger charge is 2.04. The highest BCUT2D eigenvalue weighted by atomic mass is 16.5. The molecular formula is C9H14N4O. The van der Waals surface area contributed by atoms with Gasteiger partial charge in [0.2, 0.25) is 5.96 Å². The van der Waals surface area contributed by atoms with Gasteiger partial charge in [0.1, 0.15) is 5.75 Å². The molecule has 0 amide bonds. The smallest absolute Gasteiger partial charge is 0.217 e. The molecule has 4 N–H and O–H groups in total. The Hall–Kier alpha value is -1.91. The van der Waals surface area contributed by atoms with Crippen molar-refractivity contribution in [3.05, 3.63) is 24.3 Å². The van der Waals surface area contributed by atoms with E-state index in [2.05, 4.69) is 5.10 Å². The molecule has 1 rings (SSSR count). The maximum Gasteiger partial charge on any atom is 0.217 e. The van der Waals surface area contributed by atoms with E-state index in [1.165, 1.54) is 0 Å².